The second kappa shape index (κ2) is 7.32. The van der Waals surface area contributed by atoms with E-state index in [1.807, 2.05) is 13.8 Å². The van der Waals surface area contributed by atoms with Crippen molar-refractivity contribution in [2.24, 2.45) is 5.92 Å². The first kappa shape index (κ1) is 18.2. The Morgan fingerprint density at radius 3 is 2.77 bits per heavy atom. The first-order chi connectivity index (χ1) is 12.4. The Balaban J connectivity index is 1.94. The zero-order chi connectivity index (χ0) is 18.8. The fourth-order valence-corrected chi connectivity index (χ4v) is 3.50. The highest BCUT2D eigenvalue weighted by atomic mass is 16.6. The number of hydrogen-bond donors (Lipinski definition) is 0. The fraction of sp³-hybridized carbons (Fsp3) is 0.450. The summed E-state index contributed by atoms with van der Waals surface area (Å²) in [5.74, 6) is -1.95. The van der Waals surface area contributed by atoms with Crippen LogP contribution in [0, 0.1) is 5.92 Å². The minimum atomic E-state index is -0.693. The Morgan fingerprint density at radius 2 is 2.04 bits per heavy atom. The third-order valence-corrected chi connectivity index (χ3v) is 4.72. The summed E-state index contributed by atoms with van der Waals surface area (Å²) in [6.07, 6.45) is 6.43. The molecule has 6 heteroatoms. The Hall–Kier alpha value is -2.63. The molecule has 3 rings (SSSR count). The molecule has 1 saturated heterocycles. The van der Waals surface area contributed by atoms with Crippen LogP contribution < -0.4 is 0 Å². The SMILES string of the molecule is C=C1C(=O)O[C@H]2CC3=C[C@@H](C/C(C)=C/[C@@H](OC(=O)/C=C/CC)[C@H]12)OC3=O. The summed E-state index contributed by atoms with van der Waals surface area (Å²) in [5.41, 5.74) is 1.63. The molecule has 4 atom stereocenters. The first-order valence-electron chi connectivity index (χ1n) is 8.75. The van der Waals surface area contributed by atoms with Crippen LogP contribution in [0.4, 0.5) is 0 Å². The lowest BCUT2D eigenvalue weighted by atomic mass is 9.85. The van der Waals surface area contributed by atoms with Gasteiger partial charge in [-0.2, -0.15) is 0 Å². The van der Waals surface area contributed by atoms with E-state index in [1.165, 1.54) is 6.08 Å². The summed E-state index contributed by atoms with van der Waals surface area (Å²) >= 11 is 0. The fourth-order valence-electron chi connectivity index (χ4n) is 3.50. The predicted molar refractivity (Wildman–Crippen MR) is 92.8 cm³/mol. The summed E-state index contributed by atoms with van der Waals surface area (Å²) in [6.45, 7) is 7.61. The van der Waals surface area contributed by atoms with Crippen molar-refractivity contribution in [3.8, 4) is 0 Å². The Labute approximate surface area is 152 Å². The number of fused-ring (bicyclic) bond motifs is 2. The van der Waals surface area contributed by atoms with Crippen LogP contribution in [-0.4, -0.2) is 36.2 Å². The van der Waals surface area contributed by atoms with Crippen LogP contribution in [0.2, 0.25) is 0 Å². The van der Waals surface area contributed by atoms with Crippen LogP contribution in [-0.2, 0) is 28.6 Å². The highest BCUT2D eigenvalue weighted by molar-refractivity contribution is 5.93. The molecule has 0 aromatic heterocycles. The van der Waals surface area contributed by atoms with Crippen molar-refractivity contribution >= 4 is 17.9 Å². The van der Waals surface area contributed by atoms with Crippen molar-refractivity contribution in [2.45, 2.75) is 51.4 Å². The maximum atomic E-state index is 12.1. The van der Waals surface area contributed by atoms with E-state index in [0.717, 1.165) is 5.57 Å². The van der Waals surface area contributed by atoms with Crippen molar-refractivity contribution in [1.82, 2.24) is 0 Å². The zero-order valence-corrected chi connectivity index (χ0v) is 14.9. The highest BCUT2D eigenvalue weighted by Gasteiger charge is 2.46. The number of esters is 3. The van der Waals surface area contributed by atoms with Crippen LogP contribution in [0.3, 0.4) is 0 Å². The molecule has 6 nitrogen and oxygen atoms in total. The maximum absolute atomic E-state index is 12.1. The van der Waals surface area contributed by atoms with Gasteiger partial charge in [0.15, 0.2) is 0 Å². The van der Waals surface area contributed by atoms with E-state index in [0.29, 0.717) is 18.4 Å². The normalized spacial score (nSPS) is 33.1. The van der Waals surface area contributed by atoms with E-state index in [2.05, 4.69) is 6.58 Å². The van der Waals surface area contributed by atoms with E-state index in [4.69, 9.17) is 14.2 Å². The average Bonchev–Trinajstić information content (AvgIpc) is 3.04. The molecule has 2 bridgehead atoms. The molecule has 2 heterocycles. The molecule has 0 aromatic rings. The third kappa shape index (κ3) is 3.64. The van der Waals surface area contributed by atoms with Gasteiger partial charge in [0.1, 0.15) is 18.3 Å². The summed E-state index contributed by atoms with van der Waals surface area (Å²) < 4.78 is 16.4. The summed E-state index contributed by atoms with van der Waals surface area (Å²) in [6, 6.07) is 0. The van der Waals surface area contributed by atoms with Crippen LogP contribution in [0.25, 0.3) is 0 Å². The van der Waals surface area contributed by atoms with Gasteiger partial charge >= 0.3 is 17.9 Å². The zero-order valence-electron chi connectivity index (χ0n) is 14.9. The van der Waals surface area contributed by atoms with Crippen molar-refractivity contribution < 1.29 is 28.6 Å². The topological polar surface area (TPSA) is 78.9 Å². The van der Waals surface area contributed by atoms with Gasteiger partial charge in [0.2, 0.25) is 0 Å². The molecular weight excluding hydrogens is 336 g/mol. The first-order valence-corrected chi connectivity index (χ1v) is 8.75. The number of carbonyl (C=O) groups is 3. The summed E-state index contributed by atoms with van der Waals surface area (Å²) in [7, 11) is 0. The molecule has 2 aliphatic heterocycles. The van der Waals surface area contributed by atoms with Gasteiger partial charge in [0.25, 0.3) is 0 Å². The van der Waals surface area contributed by atoms with Crippen LogP contribution in [0.1, 0.15) is 33.1 Å². The molecule has 0 spiro atoms. The van der Waals surface area contributed by atoms with Crippen molar-refractivity contribution in [2.75, 3.05) is 0 Å². The van der Waals surface area contributed by atoms with Gasteiger partial charge in [0, 0.05) is 30.1 Å². The number of hydrogen-bond acceptors (Lipinski definition) is 6. The lowest BCUT2D eigenvalue weighted by Crippen LogP contribution is -2.32. The van der Waals surface area contributed by atoms with Crippen LogP contribution in [0.15, 0.2) is 47.6 Å². The standard InChI is InChI=1S/C20H22O6/c1-4-5-6-17(21)25-15-8-11(2)7-14-9-13(20(23)24-14)10-16-18(15)12(3)19(22)26-16/h5-6,8-9,14-16,18H,3-4,7,10H2,1-2H3/b6-5+,11-8+/t14-,15-,16+,18+/m1/s1. The quantitative estimate of drug-likeness (QED) is 0.334. The molecule has 0 unspecified atom stereocenters. The molecule has 0 saturated carbocycles. The predicted octanol–water partition coefficient (Wildman–Crippen LogP) is 2.55. The van der Waals surface area contributed by atoms with Gasteiger partial charge in [-0.05, 0) is 25.5 Å². The van der Waals surface area contributed by atoms with Gasteiger partial charge in [-0.1, -0.05) is 25.2 Å². The molecule has 0 radical (unpaired) electrons. The summed E-state index contributed by atoms with van der Waals surface area (Å²) in [5, 5.41) is 0. The molecule has 138 valence electrons. The Kier molecular flexibility index (Phi) is 5.11. The van der Waals surface area contributed by atoms with Crippen molar-refractivity contribution in [1.29, 1.82) is 0 Å². The highest BCUT2D eigenvalue weighted by Crippen LogP contribution is 2.38. The smallest absolute Gasteiger partial charge is 0.334 e. The molecule has 1 aliphatic carbocycles. The van der Waals surface area contributed by atoms with Crippen LogP contribution >= 0.6 is 0 Å². The molecular formula is C20H22O6. The molecule has 26 heavy (non-hydrogen) atoms. The van der Waals surface area contributed by atoms with E-state index in [-0.39, 0.29) is 18.1 Å². The average molecular weight is 358 g/mol. The third-order valence-electron chi connectivity index (χ3n) is 4.72. The number of allylic oxidation sites excluding steroid dienone is 1. The van der Waals surface area contributed by atoms with Gasteiger partial charge in [0.05, 0.1) is 5.92 Å². The molecule has 3 aliphatic rings. The summed E-state index contributed by atoms with van der Waals surface area (Å²) in [4.78, 5) is 36.2. The minimum absolute atomic E-state index is 0.219. The van der Waals surface area contributed by atoms with Crippen LogP contribution in [0.5, 0.6) is 0 Å². The maximum Gasteiger partial charge on any atom is 0.334 e. The molecule has 1 fully saturated rings. The van der Waals surface area contributed by atoms with E-state index in [9.17, 15) is 14.4 Å². The second-order valence-electron chi connectivity index (χ2n) is 6.76. The lowest BCUT2D eigenvalue weighted by Gasteiger charge is -2.25. The largest absolute Gasteiger partial charge is 0.458 e. The van der Waals surface area contributed by atoms with E-state index < -0.39 is 36.0 Å². The van der Waals surface area contributed by atoms with Crippen molar-refractivity contribution in [3.63, 3.8) is 0 Å². The number of rotatable bonds is 3. The Bertz CT molecular complexity index is 741. The second-order valence-corrected chi connectivity index (χ2v) is 6.76. The molecule has 0 N–H and O–H groups in total. The van der Waals surface area contributed by atoms with E-state index in [1.54, 1.807) is 18.2 Å². The molecule has 0 amide bonds. The minimum Gasteiger partial charge on any atom is -0.458 e. The number of ether oxygens (including phenoxy) is 3. The Morgan fingerprint density at radius 1 is 1.27 bits per heavy atom. The van der Waals surface area contributed by atoms with Gasteiger partial charge in [-0.3, -0.25) is 0 Å². The van der Waals surface area contributed by atoms with Gasteiger partial charge in [-0.15, -0.1) is 0 Å². The van der Waals surface area contributed by atoms with Gasteiger partial charge < -0.3 is 14.2 Å². The number of carbonyl (C=O) groups excluding carboxylic acids is 3. The van der Waals surface area contributed by atoms with Gasteiger partial charge in [-0.25, -0.2) is 14.4 Å². The lowest BCUT2D eigenvalue weighted by molar-refractivity contribution is -0.145. The monoisotopic (exact) mass is 358 g/mol. The van der Waals surface area contributed by atoms with E-state index >= 15 is 0 Å². The molecule has 0 aromatic carbocycles. The van der Waals surface area contributed by atoms with Crippen molar-refractivity contribution in [3.05, 3.63) is 47.6 Å².